The summed E-state index contributed by atoms with van der Waals surface area (Å²) >= 11 is 0. The predicted molar refractivity (Wildman–Crippen MR) is 26.4 cm³/mol. The van der Waals surface area contributed by atoms with Gasteiger partial charge in [0, 0.05) is 12.6 Å². The lowest BCUT2D eigenvalue weighted by atomic mass is 10.5. The first-order chi connectivity index (χ1) is 3.89. The molecule has 0 spiro atoms. The Morgan fingerprint density at radius 2 is 2.62 bits per heavy atom. The number of carbonyl (C=O) groups is 1. The summed E-state index contributed by atoms with van der Waals surface area (Å²) in [5, 5.41) is 0. The monoisotopic (exact) mass is 114 g/mol. The maximum absolute atomic E-state index is 10.3. The predicted octanol–water partition coefficient (Wildman–Crippen LogP) is -0.891. The highest BCUT2D eigenvalue weighted by atomic mass is 16.7. The molecule has 0 saturated carbocycles. The van der Waals surface area contributed by atoms with Crippen molar-refractivity contribution in [1.82, 2.24) is 11.0 Å². The van der Waals surface area contributed by atoms with Crippen LogP contribution in [0, 0.1) is 0 Å². The minimum absolute atomic E-state index is 0.380. The van der Waals surface area contributed by atoms with Crippen LogP contribution in [0.25, 0.3) is 0 Å². The molecule has 0 saturated heterocycles. The molecule has 0 bridgehead atoms. The van der Waals surface area contributed by atoms with E-state index in [1.807, 2.05) is 0 Å². The molecular formula is C4H6N2O2. The van der Waals surface area contributed by atoms with Crippen LogP contribution in [0.1, 0.15) is 0 Å². The van der Waals surface area contributed by atoms with Gasteiger partial charge in [0.2, 0.25) is 0 Å². The van der Waals surface area contributed by atoms with E-state index < -0.39 is 0 Å². The molecule has 44 valence electrons. The van der Waals surface area contributed by atoms with Gasteiger partial charge in [-0.15, -0.1) is 0 Å². The summed E-state index contributed by atoms with van der Waals surface area (Å²) < 4.78 is 0. The molecule has 0 atom stereocenters. The Labute approximate surface area is 46.4 Å². The summed E-state index contributed by atoms with van der Waals surface area (Å²) in [7, 11) is 0. The molecule has 0 radical (unpaired) electrons. The molecule has 0 aromatic carbocycles. The third kappa shape index (κ3) is 1.32. The van der Waals surface area contributed by atoms with Crippen molar-refractivity contribution in [3.63, 3.8) is 0 Å². The third-order valence-corrected chi connectivity index (χ3v) is 0.698. The fraction of sp³-hybridized carbons (Fsp3) is 0.250. The number of hydrogen-bond acceptors (Lipinski definition) is 4. The average molecular weight is 114 g/mol. The van der Waals surface area contributed by atoms with Gasteiger partial charge in [-0.05, 0) is 0 Å². The first-order valence-corrected chi connectivity index (χ1v) is 2.25. The zero-order valence-corrected chi connectivity index (χ0v) is 4.18. The van der Waals surface area contributed by atoms with Gasteiger partial charge in [0.1, 0.15) is 0 Å². The second-order valence-electron chi connectivity index (χ2n) is 1.31. The Balaban J connectivity index is 2.44. The third-order valence-electron chi connectivity index (χ3n) is 0.698. The van der Waals surface area contributed by atoms with E-state index in [0.717, 1.165) is 0 Å². The Hall–Kier alpha value is -0.870. The van der Waals surface area contributed by atoms with Crippen molar-refractivity contribution in [2.45, 2.75) is 0 Å². The molecule has 2 N–H and O–H groups in total. The zero-order chi connectivity index (χ0) is 5.82. The Bertz CT molecular complexity index is 121. The first-order valence-electron chi connectivity index (χ1n) is 2.25. The lowest BCUT2D eigenvalue weighted by Gasteiger charge is -1.96. The maximum atomic E-state index is 10.3. The Morgan fingerprint density at radius 1 is 1.75 bits per heavy atom. The highest BCUT2D eigenvalue weighted by Gasteiger charge is 1.96. The topological polar surface area (TPSA) is 50.4 Å². The summed E-state index contributed by atoms with van der Waals surface area (Å²) in [6.45, 7) is 0.603. The molecule has 0 aliphatic carbocycles. The highest BCUT2D eigenvalue weighted by molar-refractivity contribution is 5.81. The first kappa shape index (κ1) is 5.27. The fourth-order valence-corrected chi connectivity index (χ4v) is 0.376. The van der Waals surface area contributed by atoms with E-state index in [1.165, 1.54) is 6.08 Å². The van der Waals surface area contributed by atoms with Crippen LogP contribution in [-0.2, 0) is 9.63 Å². The normalized spacial score (nSPS) is 19.8. The van der Waals surface area contributed by atoms with Crippen molar-refractivity contribution < 1.29 is 9.63 Å². The molecular weight excluding hydrogens is 108 g/mol. The molecule has 1 heterocycles. The number of hydrazine groups is 1. The largest absolute Gasteiger partial charge is 0.352 e. The van der Waals surface area contributed by atoms with Crippen molar-refractivity contribution >= 4 is 5.97 Å². The minimum Gasteiger partial charge on any atom is -0.352 e. The molecule has 1 aliphatic rings. The fourth-order valence-electron chi connectivity index (χ4n) is 0.376. The van der Waals surface area contributed by atoms with Gasteiger partial charge in [-0.2, -0.15) is 0 Å². The average Bonchev–Trinajstić information content (AvgIpc) is 1.94. The van der Waals surface area contributed by atoms with E-state index in [9.17, 15) is 4.79 Å². The van der Waals surface area contributed by atoms with Gasteiger partial charge in [-0.25, -0.2) is 10.2 Å². The van der Waals surface area contributed by atoms with Crippen molar-refractivity contribution in [3.05, 3.63) is 12.2 Å². The van der Waals surface area contributed by atoms with Gasteiger partial charge in [0.15, 0.2) is 0 Å². The van der Waals surface area contributed by atoms with E-state index in [0.29, 0.717) is 6.54 Å². The van der Waals surface area contributed by atoms with Crippen molar-refractivity contribution in [3.8, 4) is 0 Å². The maximum Gasteiger partial charge on any atom is 0.350 e. The number of rotatable bonds is 0. The molecule has 0 fully saturated rings. The zero-order valence-electron chi connectivity index (χ0n) is 4.18. The quantitative estimate of drug-likeness (QED) is 0.429. The Kier molecular flexibility index (Phi) is 1.61. The standard InChI is InChI=1S/C4H6N2O2/c7-4-2-1-3-5-6-8-4/h1-2,5-6H,3H2. The molecule has 0 aromatic rings. The molecule has 1 aliphatic heterocycles. The smallest absolute Gasteiger partial charge is 0.350 e. The van der Waals surface area contributed by atoms with Crippen LogP contribution < -0.4 is 11.0 Å². The van der Waals surface area contributed by atoms with Crippen LogP contribution >= 0.6 is 0 Å². The molecule has 0 unspecified atom stereocenters. The number of carbonyl (C=O) groups excluding carboxylic acids is 1. The van der Waals surface area contributed by atoms with Gasteiger partial charge in [-0.3, -0.25) is 0 Å². The minimum atomic E-state index is -0.380. The van der Waals surface area contributed by atoms with E-state index in [2.05, 4.69) is 15.9 Å². The van der Waals surface area contributed by atoms with Crippen molar-refractivity contribution in [1.29, 1.82) is 0 Å². The summed E-state index contributed by atoms with van der Waals surface area (Å²) in [5.41, 5.74) is 4.83. The van der Waals surface area contributed by atoms with Crippen LogP contribution in [0.15, 0.2) is 12.2 Å². The van der Waals surface area contributed by atoms with E-state index in [4.69, 9.17) is 0 Å². The van der Waals surface area contributed by atoms with Gasteiger partial charge in [0.25, 0.3) is 0 Å². The van der Waals surface area contributed by atoms with Gasteiger partial charge in [0.05, 0.1) is 0 Å². The molecule has 0 amide bonds. The summed E-state index contributed by atoms with van der Waals surface area (Å²) in [6, 6.07) is 0. The summed E-state index contributed by atoms with van der Waals surface area (Å²) in [5.74, 6) is -0.380. The summed E-state index contributed by atoms with van der Waals surface area (Å²) in [4.78, 5) is 14.6. The van der Waals surface area contributed by atoms with Crippen molar-refractivity contribution in [2.75, 3.05) is 6.54 Å². The van der Waals surface area contributed by atoms with E-state index in [-0.39, 0.29) is 5.97 Å². The van der Waals surface area contributed by atoms with Crippen LogP contribution in [0.2, 0.25) is 0 Å². The van der Waals surface area contributed by atoms with Gasteiger partial charge >= 0.3 is 5.97 Å². The lowest BCUT2D eigenvalue weighted by Crippen LogP contribution is -2.31. The molecule has 0 aromatic heterocycles. The van der Waals surface area contributed by atoms with Crippen LogP contribution in [0.3, 0.4) is 0 Å². The number of hydrogen-bond donors (Lipinski definition) is 2. The molecule has 1 rings (SSSR count). The molecule has 4 heteroatoms. The van der Waals surface area contributed by atoms with E-state index in [1.54, 1.807) is 6.08 Å². The molecule has 8 heavy (non-hydrogen) atoms. The van der Waals surface area contributed by atoms with Gasteiger partial charge < -0.3 is 4.84 Å². The van der Waals surface area contributed by atoms with Gasteiger partial charge in [-0.1, -0.05) is 11.7 Å². The van der Waals surface area contributed by atoms with Crippen LogP contribution in [0.5, 0.6) is 0 Å². The SMILES string of the molecule is O=C1C=CCNNO1. The lowest BCUT2D eigenvalue weighted by molar-refractivity contribution is -0.146. The highest BCUT2D eigenvalue weighted by Crippen LogP contribution is 1.78. The molecule has 4 nitrogen and oxygen atoms in total. The summed E-state index contributed by atoms with van der Waals surface area (Å²) in [6.07, 6.45) is 3.02. The van der Waals surface area contributed by atoms with Crippen LogP contribution in [-0.4, -0.2) is 12.5 Å². The van der Waals surface area contributed by atoms with Crippen LogP contribution in [0.4, 0.5) is 0 Å². The van der Waals surface area contributed by atoms with Crippen molar-refractivity contribution in [2.24, 2.45) is 0 Å². The number of nitrogens with one attached hydrogen (secondary N) is 2. The Morgan fingerprint density at radius 3 is 3.50 bits per heavy atom. The second kappa shape index (κ2) is 2.44. The van der Waals surface area contributed by atoms with E-state index >= 15 is 0 Å². The second-order valence-corrected chi connectivity index (χ2v) is 1.31.